The van der Waals surface area contributed by atoms with E-state index in [4.69, 9.17) is 22.4 Å². The number of hydrogen-bond acceptors (Lipinski definition) is 3. The van der Waals surface area contributed by atoms with Crippen molar-refractivity contribution in [3.8, 4) is 0 Å². The summed E-state index contributed by atoms with van der Waals surface area (Å²) in [6, 6.07) is 0. The molecular weight excluding hydrogens is 325 g/mol. The van der Waals surface area contributed by atoms with Crippen molar-refractivity contribution in [2.24, 2.45) is 5.73 Å². The molecule has 0 spiro atoms. The SMILES string of the molecule is CCCC(=C(C)C(N)=O)N(C)C.C[N+](C)(C)CC(O)CCl.[Cl-]. The molecule has 0 rings (SSSR count). The molecule has 1 amide bonds. The Labute approximate surface area is 147 Å². The van der Waals surface area contributed by atoms with Gasteiger partial charge in [0.2, 0.25) is 5.91 Å². The van der Waals surface area contributed by atoms with Gasteiger partial charge in [0.25, 0.3) is 0 Å². The molecule has 0 aliphatic rings. The summed E-state index contributed by atoms with van der Waals surface area (Å²) >= 11 is 5.40. The average Bonchev–Trinajstić information content (AvgIpc) is 2.33. The number of nitrogens with two attached hydrogens (primary N) is 1. The van der Waals surface area contributed by atoms with Gasteiger partial charge in [-0.05, 0) is 13.3 Å². The van der Waals surface area contributed by atoms with Crippen molar-refractivity contribution < 1.29 is 26.8 Å². The largest absolute Gasteiger partial charge is 1.00 e. The van der Waals surface area contributed by atoms with E-state index in [0.717, 1.165) is 23.0 Å². The topological polar surface area (TPSA) is 66.6 Å². The lowest BCUT2D eigenvalue weighted by Crippen LogP contribution is -3.00. The number of nitrogens with zero attached hydrogens (tertiary/aromatic N) is 2. The highest BCUT2D eigenvalue weighted by atomic mass is 35.5. The van der Waals surface area contributed by atoms with Crippen LogP contribution in [0, 0.1) is 0 Å². The molecule has 0 fully saturated rings. The third-order valence-corrected chi connectivity index (χ3v) is 3.12. The van der Waals surface area contributed by atoms with Crippen molar-refractivity contribution in [1.82, 2.24) is 4.90 Å². The van der Waals surface area contributed by atoms with Gasteiger partial charge in [0, 0.05) is 25.4 Å². The van der Waals surface area contributed by atoms with E-state index in [1.165, 1.54) is 0 Å². The molecule has 5 nitrogen and oxygen atoms in total. The molecule has 0 aromatic carbocycles. The van der Waals surface area contributed by atoms with Crippen LogP contribution in [0.4, 0.5) is 0 Å². The summed E-state index contributed by atoms with van der Waals surface area (Å²) in [6.45, 7) is 4.56. The standard InChI is InChI=1S/C9H18N2O.C6H15ClNO.ClH/c1-5-6-8(11(3)4)7(2)9(10)12;1-8(2,3)5-6(9)4-7;/h5-6H2,1-4H3,(H2,10,12);6,9H,4-5H2,1-3H3;1H/q;+1;/p-1. The number of amides is 1. The fourth-order valence-corrected chi connectivity index (χ4v) is 1.90. The molecule has 0 radical (unpaired) electrons. The van der Waals surface area contributed by atoms with E-state index in [-0.39, 0.29) is 24.4 Å². The maximum atomic E-state index is 10.9. The van der Waals surface area contributed by atoms with E-state index >= 15 is 0 Å². The number of allylic oxidation sites excluding steroid dienone is 1. The van der Waals surface area contributed by atoms with Gasteiger partial charge in [-0.1, -0.05) is 13.3 Å². The van der Waals surface area contributed by atoms with Gasteiger partial charge in [0.1, 0.15) is 12.6 Å². The molecule has 3 N–H and O–H groups in total. The molecule has 0 bridgehead atoms. The minimum atomic E-state index is -0.369. The first kappa shape index (κ1) is 26.4. The van der Waals surface area contributed by atoms with Crippen LogP contribution in [0.2, 0.25) is 0 Å². The predicted molar refractivity (Wildman–Crippen MR) is 90.1 cm³/mol. The molecule has 1 atom stereocenters. The van der Waals surface area contributed by atoms with Crippen LogP contribution in [-0.4, -0.2) is 74.2 Å². The van der Waals surface area contributed by atoms with Crippen LogP contribution in [0.25, 0.3) is 0 Å². The number of primary amides is 1. The lowest BCUT2D eigenvalue weighted by Gasteiger charge is -2.25. The van der Waals surface area contributed by atoms with E-state index in [2.05, 4.69) is 6.92 Å². The highest BCUT2D eigenvalue weighted by molar-refractivity contribution is 6.18. The van der Waals surface area contributed by atoms with Gasteiger partial charge in [0.15, 0.2) is 0 Å². The lowest BCUT2D eigenvalue weighted by atomic mass is 10.1. The summed E-state index contributed by atoms with van der Waals surface area (Å²) in [4.78, 5) is 12.8. The van der Waals surface area contributed by atoms with Gasteiger partial charge in [-0.2, -0.15) is 0 Å². The van der Waals surface area contributed by atoms with Crippen LogP contribution in [0.5, 0.6) is 0 Å². The average molecular weight is 358 g/mol. The smallest absolute Gasteiger partial charge is 0.246 e. The zero-order valence-electron chi connectivity index (χ0n) is 15.0. The van der Waals surface area contributed by atoms with Crippen LogP contribution in [0.3, 0.4) is 0 Å². The Morgan fingerprint density at radius 2 is 1.77 bits per heavy atom. The van der Waals surface area contributed by atoms with Crippen molar-refractivity contribution in [2.45, 2.75) is 32.8 Å². The van der Waals surface area contributed by atoms with E-state index in [9.17, 15) is 4.79 Å². The maximum Gasteiger partial charge on any atom is 0.246 e. The Hall–Kier alpha value is -0.490. The van der Waals surface area contributed by atoms with Crippen molar-refractivity contribution in [2.75, 3.05) is 47.7 Å². The summed E-state index contributed by atoms with van der Waals surface area (Å²) in [5.74, 6) is 0.00218. The number of alkyl halides is 1. The molecule has 0 aliphatic heterocycles. The molecule has 134 valence electrons. The van der Waals surface area contributed by atoms with Gasteiger partial charge in [-0.15, -0.1) is 11.6 Å². The first-order valence-electron chi connectivity index (χ1n) is 7.17. The molecule has 0 aromatic heterocycles. The Bertz CT molecular complexity index is 340. The Kier molecular flexibility index (Phi) is 15.6. The Morgan fingerprint density at radius 3 is 1.95 bits per heavy atom. The van der Waals surface area contributed by atoms with Gasteiger partial charge < -0.3 is 32.6 Å². The van der Waals surface area contributed by atoms with Gasteiger partial charge in [0.05, 0.1) is 27.0 Å². The predicted octanol–water partition coefficient (Wildman–Crippen LogP) is -1.60. The zero-order valence-corrected chi connectivity index (χ0v) is 16.5. The summed E-state index contributed by atoms with van der Waals surface area (Å²) in [7, 11) is 9.93. The Balaban J connectivity index is -0.000000326. The number of halogens is 2. The molecule has 7 heteroatoms. The molecule has 0 heterocycles. The zero-order chi connectivity index (χ0) is 17.2. The minimum absolute atomic E-state index is 0. The molecule has 0 saturated heterocycles. The normalized spacial score (nSPS) is 13.1. The van der Waals surface area contributed by atoms with Gasteiger partial charge in [-0.3, -0.25) is 4.79 Å². The van der Waals surface area contributed by atoms with E-state index < -0.39 is 0 Å². The second-order valence-corrected chi connectivity index (χ2v) is 6.67. The molecular formula is C15H33Cl2N3O2. The van der Waals surface area contributed by atoms with Crippen molar-refractivity contribution in [3.05, 3.63) is 11.3 Å². The van der Waals surface area contributed by atoms with Crippen LogP contribution in [0.1, 0.15) is 26.7 Å². The maximum absolute atomic E-state index is 10.9. The summed E-state index contributed by atoms with van der Waals surface area (Å²) in [6.07, 6.45) is 1.56. The van der Waals surface area contributed by atoms with E-state index in [1.807, 2.05) is 40.1 Å². The quantitative estimate of drug-likeness (QED) is 0.327. The number of carbonyl (C=O) groups is 1. The number of rotatable bonds is 7. The third-order valence-electron chi connectivity index (χ3n) is 2.77. The second kappa shape index (κ2) is 13.0. The molecule has 1 unspecified atom stereocenters. The highest BCUT2D eigenvalue weighted by Crippen LogP contribution is 2.12. The molecule has 0 saturated carbocycles. The van der Waals surface area contributed by atoms with E-state index in [1.54, 1.807) is 6.92 Å². The van der Waals surface area contributed by atoms with Gasteiger partial charge in [-0.25, -0.2) is 0 Å². The molecule has 22 heavy (non-hydrogen) atoms. The first-order chi connectivity index (χ1) is 9.46. The highest BCUT2D eigenvalue weighted by Gasteiger charge is 2.13. The number of carbonyl (C=O) groups excluding carboxylic acids is 1. The summed E-state index contributed by atoms with van der Waals surface area (Å²) in [5.41, 5.74) is 6.88. The van der Waals surface area contributed by atoms with Crippen molar-refractivity contribution in [1.29, 1.82) is 0 Å². The number of quaternary nitrogens is 1. The minimum Gasteiger partial charge on any atom is -1.00 e. The monoisotopic (exact) mass is 357 g/mol. The Morgan fingerprint density at radius 1 is 1.32 bits per heavy atom. The third kappa shape index (κ3) is 14.4. The number of likely N-dealkylation sites (N-methyl/N-ethyl adjacent to an activating group) is 1. The second-order valence-electron chi connectivity index (χ2n) is 6.36. The van der Waals surface area contributed by atoms with Crippen molar-refractivity contribution in [3.63, 3.8) is 0 Å². The number of aliphatic hydroxyl groups excluding tert-OH is 1. The summed E-state index contributed by atoms with van der Waals surface area (Å²) < 4.78 is 0.758. The van der Waals surface area contributed by atoms with Crippen molar-refractivity contribution >= 4 is 17.5 Å². The molecule has 0 aliphatic carbocycles. The van der Waals surface area contributed by atoms with Gasteiger partial charge >= 0.3 is 0 Å². The fourth-order valence-electron chi connectivity index (χ4n) is 1.81. The van der Waals surface area contributed by atoms with Crippen LogP contribution < -0.4 is 18.1 Å². The lowest BCUT2D eigenvalue weighted by molar-refractivity contribution is -0.873. The van der Waals surface area contributed by atoms with E-state index in [0.29, 0.717) is 18.0 Å². The molecule has 0 aromatic rings. The summed E-state index contributed by atoms with van der Waals surface area (Å²) in [5, 5.41) is 9.05. The number of aliphatic hydroxyl groups is 1. The van der Waals surface area contributed by atoms with Crippen LogP contribution in [-0.2, 0) is 4.79 Å². The first-order valence-corrected chi connectivity index (χ1v) is 7.71. The fraction of sp³-hybridized carbons (Fsp3) is 0.800. The van der Waals surface area contributed by atoms with Crippen LogP contribution in [0.15, 0.2) is 11.3 Å². The van der Waals surface area contributed by atoms with Crippen LogP contribution >= 0.6 is 11.6 Å². The number of hydrogen-bond donors (Lipinski definition) is 2.